The van der Waals surface area contributed by atoms with Crippen LogP contribution in [0.15, 0.2) is 35.2 Å². The van der Waals surface area contributed by atoms with Gasteiger partial charge in [-0.05, 0) is 18.6 Å². The number of β-amino-alcohol motifs (C(OH)–C–C–N with tert-alkyl or cyclic N) is 1. The lowest BCUT2D eigenvalue weighted by Crippen LogP contribution is -2.30. The van der Waals surface area contributed by atoms with E-state index in [0.29, 0.717) is 13.1 Å². The lowest BCUT2D eigenvalue weighted by Gasteiger charge is -2.13. The van der Waals surface area contributed by atoms with Crippen LogP contribution in [0.25, 0.3) is 0 Å². The van der Waals surface area contributed by atoms with Gasteiger partial charge in [0, 0.05) is 26.2 Å². The molecule has 0 saturated carbocycles. The maximum absolute atomic E-state index is 11.9. The molecular formula is C14H22N2O3S. The summed E-state index contributed by atoms with van der Waals surface area (Å²) in [4.78, 5) is 0.807. The first-order valence-electron chi connectivity index (χ1n) is 6.96. The fourth-order valence-electron chi connectivity index (χ4n) is 2.06. The van der Waals surface area contributed by atoms with Gasteiger partial charge >= 0.3 is 0 Å². The van der Waals surface area contributed by atoms with Crippen molar-refractivity contribution in [3.63, 3.8) is 0 Å². The highest BCUT2D eigenvalue weighted by Gasteiger charge is 2.25. The number of hydrogen-bond acceptors (Lipinski definition) is 4. The molecule has 1 aromatic rings. The van der Waals surface area contributed by atoms with Crippen LogP contribution in [0.2, 0.25) is 0 Å². The van der Waals surface area contributed by atoms with Crippen LogP contribution in [0.1, 0.15) is 6.42 Å². The molecule has 2 aliphatic rings. The first-order valence-corrected chi connectivity index (χ1v) is 8.06. The van der Waals surface area contributed by atoms with Gasteiger partial charge in [-0.2, -0.15) is 0 Å². The van der Waals surface area contributed by atoms with Gasteiger partial charge in [-0.25, -0.2) is 8.51 Å². The summed E-state index contributed by atoms with van der Waals surface area (Å²) >= 11 is 0. The molecule has 2 saturated heterocycles. The van der Waals surface area contributed by atoms with E-state index in [1.54, 1.807) is 4.31 Å². The number of nitrogens with one attached hydrogen (secondary N) is 1. The Labute approximate surface area is 122 Å². The minimum Gasteiger partial charge on any atom is -0.392 e. The summed E-state index contributed by atoms with van der Waals surface area (Å²) in [6.45, 7) is 5.06. The van der Waals surface area contributed by atoms with Gasteiger partial charge in [-0.3, -0.25) is 0 Å². The molecule has 3 rings (SSSR count). The van der Waals surface area contributed by atoms with Crippen molar-refractivity contribution in [2.45, 2.75) is 17.4 Å². The van der Waals surface area contributed by atoms with Crippen LogP contribution < -0.4 is 5.32 Å². The average molecular weight is 298 g/mol. The number of aliphatic hydroxyl groups excluding tert-OH is 1. The normalized spacial score (nSPS) is 24.8. The van der Waals surface area contributed by atoms with Crippen molar-refractivity contribution in [2.75, 3.05) is 39.4 Å². The Morgan fingerprint density at radius 3 is 2.40 bits per heavy atom. The van der Waals surface area contributed by atoms with Crippen LogP contribution in [-0.4, -0.2) is 59.1 Å². The zero-order valence-electron chi connectivity index (χ0n) is 11.5. The number of benzene rings is 1. The lowest BCUT2D eigenvalue weighted by molar-refractivity contribution is 0.109. The molecule has 0 bridgehead atoms. The van der Waals surface area contributed by atoms with Crippen LogP contribution in [0, 0.1) is 0 Å². The van der Waals surface area contributed by atoms with E-state index in [0.717, 1.165) is 37.6 Å². The molecular weight excluding hydrogens is 276 g/mol. The van der Waals surface area contributed by atoms with Crippen molar-refractivity contribution >= 4 is 11.0 Å². The largest absolute Gasteiger partial charge is 0.392 e. The molecule has 112 valence electrons. The molecule has 0 amide bonds. The Bertz CT molecular complexity index is 401. The summed E-state index contributed by atoms with van der Waals surface area (Å²) in [6.07, 6.45) is 0.404. The fourth-order valence-corrected chi connectivity index (χ4v) is 3.33. The lowest BCUT2D eigenvalue weighted by atomic mass is 10.3. The summed E-state index contributed by atoms with van der Waals surface area (Å²) in [5.74, 6) is 0. The molecule has 0 spiro atoms. The van der Waals surface area contributed by atoms with Gasteiger partial charge in [0.2, 0.25) is 0 Å². The van der Waals surface area contributed by atoms with Crippen molar-refractivity contribution < 1.29 is 14.1 Å². The van der Waals surface area contributed by atoms with Crippen molar-refractivity contribution in [1.29, 1.82) is 0 Å². The Hall–Kier alpha value is -0.790. The fraction of sp³-hybridized carbons (Fsp3) is 0.571. The van der Waals surface area contributed by atoms with Crippen LogP contribution in [0.5, 0.6) is 0 Å². The minimum atomic E-state index is -1.11. The van der Waals surface area contributed by atoms with E-state index in [9.17, 15) is 9.32 Å². The van der Waals surface area contributed by atoms with E-state index in [-0.39, 0.29) is 6.10 Å². The minimum absolute atomic E-state index is 0.317. The highest BCUT2D eigenvalue weighted by Crippen LogP contribution is 2.16. The number of hydrogen-bond donors (Lipinski definition) is 2. The van der Waals surface area contributed by atoms with Gasteiger partial charge in [0.15, 0.2) is 0 Å². The quantitative estimate of drug-likeness (QED) is 0.829. The maximum Gasteiger partial charge on any atom is 0.127 e. The van der Waals surface area contributed by atoms with Crippen LogP contribution in [0.3, 0.4) is 0 Å². The second-order valence-electron chi connectivity index (χ2n) is 4.76. The first kappa shape index (κ1) is 15.6. The second-order valence-corrected chi connectivity index (χ2v) is 6.24. The molecule has 2 heterocycles. The molecule has 2 fully saturated rings. The predicted molar refractivity (Wildman–Crippen MR) is 78.7 cm³/mol. The Morgan fingerprint density at radius 1 is 1.25 bits per heavy atom. The third kappa shape index (κ3) is 4.96. The van der Waals surface area contributed by atoms with Crippen molar-refractivity contribution in [1.82, 2.24) is 9.62 Å². The zero-order valence-corrected chi connectivity index (χ0v) is 12.3. The number of ether oxygens (including phenoxy) is 1. The van der Waals surface area contributed by atoms with Crippen LogP contribution in [-0.2, 0) is 15.7 Å². The highest BCUT2D eigenvalue weighted by molar-refractivity contribution is 7.82. The van der Waals surface area contributed by atoms with Crippen molar-refractivity contribution in [2.24, 2.45) is 0 Å². The van der Waals surface area contributed by atoms with Crippen molar-refractivity contribution in [3.8, 4) is 0 Å². The summed E-state index contributed by atoms with van der Waals surface area (Å²) in [5.41, 5.74) is 0. The van der Waals surface area contributed by atoms with E-state index in [4.69, 9.17) is 4.74 Å². The Balaban J connectivity index is 0.000000205. The SMILES string of the molecule is C1COCCN1.O=S(c1ccccc1)N1CCC(O)C1. The molecule has 2 unspecified atom stereocenters. The van der Waals surface area contributed by atoms with Crippen LogP contribution >= 0.6 is 0 Å². The smallest absolute Gasteiger partial charge is 0.127 e. The number of morpholine rings is 1. The highest BCUT2D eigenvalue weighted by atomic mass is 32.2. The number of nitrogens with zero attached hydrogens (tertiary/aromatic N) is 1. The molecule has 20 heavy (non-hydrogen) atoms. The molecule has 2 N–H and O–H groups in total. The average Bonchev–Trinajstić information content (AvgIpc) is 2.96. The third-order valence-electron chi connectivity index (χ3n) is 3.15. The number of rotatable bonds is 2. The summed E-state index contributed by atoms with van der Waals surface area (Å²) in [6, 6.07) is 9.35. The molecule has 2 atom stereocenters. The molecule has 0 radical (unpaired) electrons. The van der Waals surface area contributed by atoms with Crippen LogP contribution in [0.4, 0.5) is 0 Å². The maximum atomic E-state index is 11.9. The molecule has 1 aromatic carbocycles. The molecule has 6 heteroatoms. The molecule has 0 aliphatic carbocycles. The van der Waals surface area contributed by atoms with Gasteiger partial charge in [-0.1, -0.05) is 18.2 Å². The van der Waals surface area contributed by atoms with E-state index >= 15 is 0 Å². The summed E-state index contributed by atoms with van der Waals surface area (Å²) in [5, 5.41) is 12.5. The van der Waals surface area contributed by atoms with Gasteiger partial charge < -0.3 is 15.2 Å². The van der Waals surface area contributed by atoms with Gasteiger partial charge in [0.25, 0.3) is 0 Å². The molecule has 0 aromatic heterocycles. The Kier molecular flexibility index (Phi) is 6.62. The monoisotopic (exact) mass is 298 g/mol. The molecule has 5 nitrogen and oxygen atoms in total. The summed E-state index contributed by atoms with van der Waals surface area (Å²) < 4.78 is 18.7. The molecule has 2 aliphatic heterocycles. The first-order chi connectivity index (χ1) is 9.77. The predicted octanol–water partition coefficient (Wildman–Crippen LogP) is 0.382. The van der Waals surface area contributed by atoms with Gasteiger partial charge in [0.05, 0.1) is 24.2 Å². The van der Waals surface area contributed by atoms with Gasteiger partial charge in [-0.15, -0.1) is 0 Å². The van der Waals surface area contributed by atoms with E-state index in [2.05, 4.69) is 5.32 Å². The van der Waals surface area contributed by atoms with Gasteiger partial charge in [0.1, 0.15) is 11.0 Å². The van der Waals surface area contributed by atoms with E-state index < -0.39 is 11.0 Å². The van der Waals surface area contributed by atoms with E-state index in [1.165, 1.54) is 0 Å². The number of aliphatic hydroxyl groups is 1. The standard InChI is InChI=1S/C10H13NO2S.C4H9NO/c12-9-6-7-11(8-9)14(13)10-4-2-1-3-5-10;1-3-6-4-2-5-1/h1-5,9,12H,6-8H2;5H,1-4H2. The Morgan fingerprint density at radius 2 is 1.95 bits per heavy atom. The summed E-state index contributed by atoms with van der Waals surface area (Å²) in [7, 11) is -1.11. The zero-order chi connectivity index (χ0) is 14.2. The van der Waals surface area contributed by atoms with Crippen molar-refractivity contribution in [3.05, 3.63) is 30.3 Å². The topological polar surface area (TPSA) is 61.8 Å². The second kappa shape index (κ2) is 8.49. The van der Waals surface area contributed by atoms with E-state index in [1.807, 2.05) is 30.3 Å². The third-order valence-corrected chi connectivity index (χ3v) is 4.63.